The topological polar surface area (TPSA) is 41.5 Å². The van der Waals surface area contributed by atoms with Crippen molar-refractivity contribution in [1.29, 1.82) is 0 Å². The second kappa shape index (κ2) is 11.6. The van der Waals surface area contributed by atoms with Gasteiger partial charge in [-0.05, 0) is 22.3 Å². The third-order valence-corrected chi connectivity index (χ3v) is 7.59. The van der Waals surface area contributed by atoms with Crippen LogP contribution in [0.15, 0.2) is 121 Å². The Morgan fingerprint density at radius 3 is 1.47 bits per heavy atom. The van der Waals surface area contributed by atoms with Crippen LogP contribution >= 0.6 is 11.7 Å². The number of aromatic nitrogens is 2. The Labute approximate surface area is 228 Å². The Kier molecular flexibility index (Phi) is 7.42. The molecule has 190 valence electrons. The van der Waals surface area contributed by atoms with Crippen LogP contribution in [0.3, 0.4) is 0 Å². The first-order chi connectivity index (χ1) is 18.9. The molecule has 0 spiro atoms. The lowest BCUT2D eigenvalue weighted by Gasteiger charge is -2.40. The summed E-state index contributed by atoms with van der Waals surface area (Å²) in [6.45, 7) is 3.57. The number of nitrogens with zero attached hydrogens (tertiary/aromatic N) is 4. The minimum Gasteiger partial charge on any atom is -0.461 e. The summed E-state index contributed by atoms with van der Waals surface area (Å²) in [6, 6.07) is 42.5. The highest BCUT2D eigenvalue weighted by Gasteiger charge is 2.29. The average molecular weight is 519 g/mol. The summed E-state index contributed by atoms with van der Waals surface area (Å²) >= 11 is 1.21. The van der Waals surface area contributed by atoms with Gasteiger partial charge in [-0.1, -0.05) is 121 Å². The van der Waals surface area contributed by atoms with Crippen LogP contribution < -0.4 is 9.64 Å². The van der Waals surface area contributed by atoms with E-state index in [0.29, 0.717) is 5.88 Å². The number of hydrogen-bond acceptors (Lipinski definition) is 6. The van der Waals surface area contributed by atoms with E-state index in [-0.39, 0.29) is 12.1 Å². The summed E-state index contributed by atoms with van der Waals surface area (Å²) in [7, 11) is 0. The van der Waals surface area contributed by atoms with E-state index in [1.807, 2.05) is 36.4 Å². The molecule has 5 nitrogen and oxygen atoms in total. The molecule has 0 saturated carbocycles. The van der Waals surface area contributed by atoms with E-state index >= 15 is 0 Å². The number of benzene rings is 4. The molecule has 5 aromatic rings. The number of piperazine rings is 1. The zero-order valence-corrected chi connectivity index (χ0v) is 22.0. The molecule has 4 aromatic carbocycles. The van der Waals surface area contributed by atoms with Crippen molar-refractivity contribution >= 4 is 17.5 Å². The lowest BCUT2D eigenvalue weighted by molar-refractivity contribution is 0.209. The molecule has 1 aliphatic heterocycles. The summed E-state index contributed by atoms with van der Waals surface area (Å²) in [4.78, 5) is 4.88. The maximum absolute atomic E-state index is 6.61. The van der Waals surface area contributed by atoms with Gasteiger partial charge in [0.25, 0.3) is 5.88 Å². The highest BCUT2D eigenvalue weighted by atomic mass is 32.1. The first kappa shape index (κ1) is 24.3. The summed E-state index contributed by atoms with van der Waals surface area (Å²) in [5, 5.41) is 0. The van der Waals surface area contributed by atoms with Crippen molar-refractivity contribution in [2.75, 3.05) is 31.1 Å². The maximum Gasteiger partial charge on any atom is 0.271 e. The summed E-state index contributed by atoms with van der Waals surface area (Å²) in [5.74, 6) is 1.44. The van der Waals surface area contributed by atoms with Crippen molar-refractivity contribution in [1.82, 2.24) is 13.6 Å². The van der Waals surface area contributed by atoms with Gasteiger partial charge < -0.3 is 9.64 Å². The highest BCUT2D eigenvalue weighted by molar-refractivity contribution is 6.99. The number of ether oxygens (including phenoxy) is 1. The van der Waals surface area contributed by atoms with Gasteiger partial charge in [0.05, 0.1) is 17.8 Å². The molecule has 1 saturated heterocycles. The van der Waals surface area contributed by atoms with Gasteiger partial charge in [0.2, 0.25) is 5.82 Å². The molecule has 1 fully saturated rings. The Hall–Kier alpha value is -4.00. The van der Waals surface area contributed by atoms with Gasteiger partial charge in [0.1, 0.15) is 0 Å². The largest absolute Gasteiger partial charge is 0.461 e. The van der Waals surface area contributed by atoms with E-state index in [0.717, 1.165) is 43.1 Å². The third kappa shape index (κ3) is 5.32. The molecule has 0 aliphatic carbocycles. The van der Waals surface area contributed by atoms with Crippen LogP contribution in [0.5, 0.6) is 5.88 Å². The van der Waals surface area contributed by atoms with Gasteiger partial charge in [-0.3, -0.25) is 4.90 Å². The zero-order chi connectivity index (χ0) is 25.6. The summed E-state index contributed by atoms with van der Waals surface area (Å²) in [5.41, 5.74) is 4.83. The van der Waals surface area contributed by atoms with Crippen LogP contribution in [-0.4, -0.2) is 39.8 Å². The van der Waals surface area contributed by atoms with E-state index < -0.39 is 0 Å². The molecule has 0 N–H and O–H groups in total. The quantitative estimate of drug-likeness (QED) is 0.231. The van der Waals surface area contributed by atoms with Crippen molar-refractivity contribution < 1.29 is 4.74 Å². The second-order valence-corrected chi connectivity index (χ2v) is 9.99. The normalized spacial score (nSPS) is 14.2. The molecule has 6 rings (SSSR count). The first-order valence-corrected chi connectivity index (χ1v) is 13.8. The SMILES string of the molecule is c1ccc(C(Oc2nsnc2N2CCN(C(c3ccccc3)c3ccccc3)CC2)c2ccccc2)cc1. The van der Waals surface area contributed by atoms with Crippen molar-refractivity contribution in [2.24, 2.45) is 0 Å². The van der Waals surface area contributed by atoms with Crippen molar-refractivity contribution in [3.8, 4) is 5.88 Å². The first-order valence-electron chi connectivity index (χ1n) is 13.0. The Balaban J connectivity index is 1.21. The number of anilines is 1. The van der Waals surface area contributed by atoms with Gasteiger partial charge in [-0.15, -0.1) is 4.37 Å². The van der Waals surface area contributed by atoms with E-state index in [2.05, 4.69) is 103 Å². The highest BCUT2D eigenvalue weighted by Crippen LogP contribution is 2.35. The molecular formula is C32H30N4OS. The Morgan fingerprint density at radius 1 is 0.553 bits per heavy atom. The smallest absolute Gasteiger partial charge is 0.271 e. The molecular weight excluding hydrogens is 488 g/mol. The third-order valence-electron chi connectivity index (χ3n) is 7.09. The fourth-order valence-corrected chi connectivity index (χ4v) is 5.73. The van der Waals surface area contributed by atoms with E-state index in [1.54, 1.807) is 0 Å². The van der Waals surface area contributed by atoms with E-state index in [1.165, 1.54) is 22.9 Å². The van der Waals surface area contributed by atoms with Gasteiger partial charge in [-0.2, -0.15) is 4.37 Å². The van der Waals surface area contributed by atoms with Crippen molar-refractivity contribution in [3.63, 3.8) is 0 Å². The molecule has 0 atom stereocenters. The van der Waals surface area contributed by atoms with Crippen LogP contribution in [0.2, 0.25) is 0 Å². The average Bonchev–Trinajstić information content (AvgIpc) is 3.47. The zero-order valence-electron chi connectivity index (χ0n) is 21.1. The maximum atomic E-state index is 6.61. The predicted molar refractivity (Wildman–Crippen MR) is 154 cm³/mol. The predicted octanol–water partition coefficient (Wildman–Crippen LogP) is 6.62. The second-order valence-electron chi connectivity index (χ2n) is 9.46. The van der Waals surface area contributed by atoms with Crippen LogP contribution in [0.1, 0.15) is 34.4 Å². The lowest BCUT2D eigenvalue weighted by Crippen LogP contribution is -2.48. The van der Waals surface area contributed by atoms with Crippen molar-refractivity contribution in [3.05, 3.63) is 144 Å². The van der Waals surface area contributed by atoms with E-state index in [4.69, 9.17) is 4.74 Å². The van der Waals surface area contributed by atoms with Crippen LogP contribution in [-0.2, 0) is 0 Å². The molecule has 38 heavy (non-hydrogen) atoms. The molecule has 1 aromatic heterocycles. The minimum absolute atomic E-state index is 0.226. The van der Waals surface area contributed by atoms with Crippen molar-refractivity contribution in [2.45, 2.75) is 12.1 Å². The molecule has 0 unspecified atom stereocenters. The van der Waals surface area contributed by atoms with Crippen LogP contribution in [0.4, 0.5) is 5.82 Å². The molecule has 0 amide bonds. The minimum atomic E-state index is -0.248. The monoisotopic (exact) mass is 518 g/mol. The van der Waals surface area contributed by atoms with Gasteiger partial charge in [0.15, 0.2) is 6.10 Å². The van der Waals surface area contributed by atoms with Crippen LogP contribution in [0, 0.1) is 0 Å². The van der Waals surface area contributed by atoms with Gasteiger partial charge in [0, 0.05) is 26.2 Å². The Morgan fingerprint density at radius 2 is 1.00 bits per heavy atom. The molecule has 0 radical (unpaired) electrons. The standard InChI is InChI=1S/C32H30N4OS/c1-5-13-25(14-6-1)29(26-15-7-2-8-16-26)35-21-23-36(24-22-35)31-32(34-38-33-31)37-30(27-17-9-3-10-18-27)28-19-11-4-12-20-28/h1-20,29-30H,21-24H2. The molecule has 6 heteroatoms. The summed E-state index contributed by atoms with van der Waals surface area (Å²) < 4.78 is 15.9. The summed E-state index contributed by atoms with van der Waals surface area (Å²) in [6.07, 6.45) is -0.248. The van der Waals surface area contributed by atoms with E-state index in [9.17, 15) is 0 Å². The van der Waals surface area contributed by atoms with Gasteiger partial charge in [-0.25, -0.2) is 0 Å². The number of hydrogen-bond donors (Lipinski definition) is 0. The fraction of sp³-hybridized carbons (Fsp3) is 0.188. The van der Waals surface area contributed by atoms with Crippen LogP contribution in [0.25, 0.3) is 0 Å². The van der Waals surface area contributed by atoms with Gasteiger partial charge >= 0.3 is 0 Å². The molecule has 1 aliphatic rings. The fourth-order valence-electron chi connectivity index (χ4n) is 5.22. The number of rotatable bonds is 8. The molecule has 0 bridgehead atoms. The Bertz CT molecular complexity index is 1330. The molecule has 2 heterocycles. The lowest BCUT2D eigenvalue weighted by atomic mass is 9.96.